The third-order valence-electron chi connectivity index (χ3n) is 2.53. The molecule has 0 amide bonds. The second kappa shape index (κ2) is 5.99. The number of esters is 1. The Morgan fingerprint density at radius 2 is 1.82 bits per heavy atom. The van der Waals surface area contributed by atoms with Crippen molar-refractivity contribution in [3.8, 4) is 0 Å². The SMILES string of the molecule is CC(C(=O)OC=O)=C(c1ccccc1)C(C)C. The van der Waals surface area contributed by atoms with Gasteiger partial charge in [0.2, 0.25) is 0 Å². The molecule has 0 fully saturated rings. The van der Waals surface area contributed by atoms with Crippen LogP contribution in [0.2, 0.25) is 0 Å². The maximum Gasteiger partial charge on any atom is 0.341 e. The average Bonchev–Trinajstić information content (AvgIpc) is 2.30. The molecule has 90 valence electrons. The van der Waals surface area contributed by atoms with Crippen molar-refractivity contribution in [2.45, 2.75) is 20.8 Å². The number of carbonyl (C=O) groups is 2. The topological polar surface area (TPSA) is 43.4 Å². The Morgan fingerprint density at radius 3 is 2.29 bits per heavy atom. The Balaban J connectivity index is 3.21. The smallest absolute Gasteiger partial charge is 0.341 e. The number of ether oxygens (including phenoxy) is 1. The summed E-state index contributed by atoms with van der Waals surface area (Å²) < 4.78 is 4.38. The van der Waals surface area contributed by atoms with Crippen LogP contribution in [0, 0.1) is 5.92 Å². The van der Waals surface area contributed by atoms with Crippen LogP contribution in [0.1, 0.15) is 26.3 Å². The largest absolute Gasteiger partial charge is 0.392 e. The lowest BCUT2D eigenvalue weighted by Gasteiger charge is -2.14. The van der Waals surface area contributed by atoms with Gasteiger partial charge < -0.3 is 4.74 Å². The Hall–Kier alpha value is -1.90. The van der Waals surface area contributed by atoms with E-state index in [9.17, 15) is 9.59 Å². The third kappa shape index (κ3) is 3.28. The van der Waals surface area contributed by atoms with Gasteiger partial charge in [-0.15, -0.1) is 0 Å². The number of carbonyl (C=O) groups excluding carboxylic acids is 2. The van der Waals surface area contributed by atoms with Gasteiger partial charge in [0.15, 0.2) is 0 Å². The lowest BCUT2D eigenvalue weighted by molar-refractivity contribution is -0.148. The fourth-order valence-corrected chi connectivity index (χ4v) is 1.84. The van der Waals surface area contributed by atoms with E-state index in [1.54, 1.807) is 6.92 Å². The van der Waals surface area contributed by atoms with Gasteiger partial charge in [-0.25, -0.2) is 4.79 Å². The van der Waals surface area contributed by atoms with Crippen molar-refractivity contribution in [1.82, 2.24) is 0 Å². The summed E-state index contributed by atoms with van der Waals surface area (Å²) in [5.41, 5.74) is 2.35. The number of hydrogen-bond acceptors (Lipinski definition) is 3. The second-order valence-corrected chi connectivity index (χ2v) is 4.06. The van der Waals surface area contributed by atoms with Gasteiger partial charge in [-0.2, -0.15) is 0 Å². The van der Waals surface area contributed by atoms with E-state index in [1.165, 1.54) is 0 Å². The first-order valence-electron chi connectivity index (χ1n) is 5.48. The molecule has 3 heteroatoms. The normalized spacial score (nSPS) is 12.0. The molecule has 1 rings (SSSR count). The zero-order valence-corrected chi connectivity index (χ0v) is 10.3. The van der Waals surface area contributed by atoms with E-state index in [2.05, 4.69) is 4.74 Å². The molecule has 0 spiro atoms. The average molecular weight is 232 g/mol. The summed E-state index contributed by atoms with van der Waals surface area (Å²) in [6.45, 7) is 5.84. The molecule has 0 unspecified atom stereocenters. The molecule has 0 aliphatic carbocycles. The van der Waals surface area contributed by atoms with Crippen LogP contribution in [0.4, 0.5) is 0 Å². The fraction of sp³-hybridized carbons (Fsp3) is 0.286. The van der Waals surface area contributed by atoms with Crippen LogP contribution < -0.4 is 0 Å². The molecule has 0 saturated heterocycles. The maximum atomic E-state index is 11.6. The van der Waals surface area contributed by atoms with Crippen molar-refractivity contribution in [1.29, 1.82) is 0 Å². The van der Waals surface area contributed by atoms with Crippen LogP contribution in [0.15, 0.2) is 35.9 Å². The Labute approximate surface area is 101 Å². The van der Waals surface area contributed by atoms with Crippen molar-refractivity contribution in [2.75, 3.05) is 0 Å². The van der Waals surface area contributed by atoms with Crippen molar-refractivity contribution >= 4 is 18.0 Å². The van der Waals surface area contributed by atoms with Gasteiger partial charge in [0.05, 0.1) is 0 Å². The molecular weight excluding hydrogens is 216 g/mol. The molecule has 17 heavy (non-hydrogen) atoms. The van der Waals surface area contributed by atoms with E-state index < -0.39 is 5.97 Å². The molecule has 0 radical (unpaired) electrons. The zero-order chi connectivity index (χ0) is 12.8. The van der Waals surface area contributed by atoms with Crippen molar-refractivity contribution in [3.05, 3.63) is 41.5 Å². The summed E-state index contributed by atoms with van der Waals surface area (Å²) in [6, 6.07) is 9.62. The number of benzene rings is 1. The summed E-state index contributed by atoms with van der Waals surface area (Å²) in [4.78, 5) is 21.7. The number of rotatable bonds is 4. The minimum Gasteiger partial charge on any atom is -0.392 e. The summed E-state index contributed by atoms with van der Waals surface area (Å²) >= 11 is 0. The highest BCUT2D eigenvalue weighted by Crippen LogP contribution is 2.26. The molecule has 0 atom stereocenters. The monoisotopic (exact) mass is 232 g/mol. The molecule has 1 aromatic carbocycles. The lowest BCUT2D eigenvalue weighted by Crippen LogP contribution is -2.09. The molecule has 0 heterocycles. The minimum absolute atomic E-state index is 0.161. The van der Waals surface area contributed by atoms with E-state index in [-0.39, 0.29) is 12.4 Å². The number of allylic oxidation sites excluding steroid dienone is 1. The van der Waals surface area contributed by atoms with Crippen LogP contribution in [0.5, 0.6) is 0 Å². The second-order valence-electron chi connectivity index (χ2n) is 4.06. The summed E-state index contributed by atoms with van der Waals surface area (Å²) in [7, 11) is 0. The Kier molecular flexibility index (Phi) is 4.64. The van der Waals surface area contributed by atoms with Crippen molar-refractivity contribution in [3.63, 3.8) is 0 Å². The van der Waals surface area contributed by atoms with Crippen LogP contribution >= 0.6 is 0 Å². The van der Waals surface area contributed by atoms with E-state index in [0.29, 0.717) is 5.57 Å². The van der Waals surface area contributed by atoms with Gasteiger partial charge in [0.25, 0.3) is 0 Å². The molecule has 0 N–H and O–H groups in total. The number of hydrogen-bond donors (Lipinski definition) is 0. The standard InChI is InChI=1S/C14H16O3/c1-10(2)13(11(3)14(16)17-9-15)12-7-5-4-6-8-12/h4-10H,1-3H3. The third-order valence-corrected chi connectivity index (χ3v) is 2.53. The first kappa shape index (κ1) is 13.2. The molecular formula is C14H16O3. The van der Waals surface area contributed by atoms with Gasteiger partial charge in [0, 0.05) is 5.57 Å². The Morgan fingerprint density at radius 1 is 1.24 bits per heavy atom. The predicted molar refractivity (Wildman–Crippen MR) is 66.0 cm³/mol. The van der Waals surface area contributed by atoms with E-state index in [4.69, 9.17) is 0 Å². The minimum atomic E-state index is -0.590. The fourth-order valence-electron chi connectivity index (χ4n) is 1.84. The van der Waals surface area contributed by atoms with Crippen LogP contribution in [-0.2, 0) is 14.3 Å². The van der Waals surface area contributed by atoms with Crippen molar-refractivity contribution < 1.29 is 14.3 Å². The van der Waals surface area contributed by atoms with Crippen LogP contribution in [0.3, 0.4) is 0 Å². The first-order chi connectivity index (χ1) is 8.07. The summed E-state index contributed by atoms with van der Waals surface area (Å²) in [5.74, 6) is -0.413. The van der Waals surface area contributed by atoms with Gasteiger partial charge in [-0.05, 0) is 24.0 Å². The first-order valence-corrected chi connectivity index (χ1v) is 5.48. The molecule has 3 nitrogen and oxygen atoms in total. The van der Waals surface area contributed by atoms with Crippen LogP contribution in [-0.4, -0.2) is 12.4 Å². The molecule has 1 aromatic rings. The highest BCUT2D eigenvalue weighted by atomic mass is 16.6. The predicted octanol–water partition coefficient (Wildman–Crippen LogP) is 2.82. The zero-order valence-electron chi connectivity index (χ0n) is 10.3. The van der Waals surface area contributed by atoms with Crippen LogP contribution in [0.25, 0.3) is 5.57 Å². The van der Waals surface area contributed by atoms with Gasteiger partial charge >= 0.3 is 12.4 Å². The van der Waals surface area contributed by atoms with Crippen molar-refractivity contribution in [2.24, 2.45) is 5.92 Å². The van der Waals surface area contributed by atoms with E-state index in [1.807, 2.05) is 44.2 Å². The lowest BCUT2D eigenvalue weighted by atomic mass is 9.91. The molecule has 0 aliphatic rings. The highest BCUT2D eigenvalue weighted by molar-refractivity contribution is 5.99. The van der Waals surface area contributed by atoms with Gasteiger partial charge in [-0.3, -0.25) is 4.79 Å². The molecule has 0 aliphatic heterocycles. The van der Waals surface area contributed by atoms with E-state index in [0.717, 1.165) is 11.1 Å². The molecule has 0 saturated carbocycles. The van der Waals surface area contributed by atoms with E-state index >= 15 is 0 Å². The summed E-state index contributed by atoms with van der Waals surface area (Å²) in [6.07, 6.45) is 0. The van der Waals surface area contributed by atoms with Gasteiger partial charge in [0.1, 0.15) is 0 Å². The molecule has 0 aromatic heterocycles. The quantitative estimate of drug-likeness (QED) is 0.347. The Bertz CT molecular complexity index is 430. The summed E-state index contributed by atoms with van der Waals surface area (Å²) in [5, 5.41) is 0. The molecule has 0 bridgehead atoms. The van der Waals surface area contributed by atoms with Gasteiger partial charge in [-0.1, -0.05) is 44.2 Å². The highest BCUT2D eigenvalue weighted by Gasteiger charge is 2.16. The maximum absolute atomic E-state index is 11.6.